The van der Waals surface area contributed by atoms with Crippen LogP contribution >= 0.6 is 0 Å². The zero-order valence-electron chi connectivity index (χ0n) is 11.0. The Morgan fingerprint density at radius 1 is 1.25 bits per heavy atom. The van der Waals surface area contributed by atoms with Crippen molar-refractivity contribution in [2.75, 3.05) is 11.9 Å². The third kappa shape index (κ3) is 3.78. The fourth-order valence-electron chi connectivity index (χ4n) is 1.53. The number of sulfonamides is 1. The van der Waals surface area contributed by atoms with E-state index in [0.717, 1.165) is 25.0 Å². The Hall–Kier alpha value is -1.93. The number of hydrogen-bond acceptors (Lipinski definition) is 6. The summed E-state index contributed by atoms with van der Waals surface area (Å²) in [5.74, 6) is 0.287. The molecule has 7 nitrogen and oxygen atoms in total. The minimum Gasteiger partial charge on any atom is -0.385 e. The van der Waals surface area contributed by atoms with Crippen LogP contribution in [-0.4, -0.2) is 25.1 Å². The summed E-state index contributed by atoms with van der Waals surface area (Å²) in [5, 5.41) is 6.72. The largest absolute Gasteiger partial charge is 0.385 e. The Morgan fingerprint density at radius 2 is 2.00 bits per heavy atom. The second-order valence-corrected chi connectivity index (χ2v) is 5.89. The number of nitrogens with one attached hydrogen (secondary N) is 2. The molecule has 0 saturated heterocycles. The average molecular weight is 296 g/mol. The molecule has 0 aliphatic carbocycles. The van der Waals surface area contributed by atoms with Crippen LogP contribution < -0.4 is 10.0 Å². The third-order valence-electron chi connectivity index (χ3n) is 2.57. The van der Waals surface area contributed by atoms with Crippen molar-refractivity contribution in [3.05, 3.63) is 36.5 Å². The first-order valence-electron chi connectivity index (χ1n) is 6.20. The van der Waals surface area contributed by atoms with Crippen LogP contribution in [0, 0.1) is 0 Å². The second-order valence-electron chi connectivity index (χ2n) is 4.12. The summed E-state index contributed by atoms with van der Waals surface area (Å²) >= 11 is 0. The third-order valence-corrected chi connectivity index (χ3v) is 3.99. The molecule has 1 heterocycles. The van der Waals surface area contributed by atoms with Gasteiger partial charge in [0.1, 0.15) is 0 Å². The van der Waals surface area contributed by atoms with Gasteiger partial charge in [-0.1, -0.05) is 12.1 Å². The van der Waals surface area contributed by atoms with Crippen molar-refractivity contribution in [1.29, 1.82) is 0 Å². The van der Waals surface area contributed by atoms with E-state index in [1.807, 2.05) is 0 Å². The van der Waals surface area contributed by atoms with Gasteiger partial charge >= 0.3 is 0 Å². The lowest BCUT2D eigenvalue weighted by atomic mass is 10.3. The molecular weight excluding hydrogens is 280 g/mol. The highest BCUT2D eigenvalue weighted by atomic mass is 32.2. The Balaban J connectivity index is 2.01. The van der Waals surface area contributed by atoms with Gasteiger partial charge in [0.05, 0.1) is 11.4 Å². The summed E-state index contributed by atoms with van der Waals surface area (Å²) in [6, 6.07) is 6.57. The molecule has 0 amide bonds. The van der Waals surface area contributed by atoms with Crippen LogP contribution in [0.3, 0.4) is 0 Å². The van der Waals surface area contributed by atoms with Gasteiger partial charge < -0.3 is 9.84 Å². The zero-order valence-corrected chi connectivity index (χ0v) is 11.9. The van der Waals surface area contributed by atoms with E-state index >= 15 is 0 Å². The van der Waals surface area contributed by atoms with Crippen LogP contribution in [0.4, 0.5) is 5.69 Å². The van der Waals surface area contributed by atoms with Crippen LogP contribution in [-0.2, 0) is 16.6 Å². The molecule has 0 radical (unpaired) electrons. The van der Waals surface area contributed by atoms with Gasteiger partial charge in [0, 0.05) is 12.2 Å². The molecule has 0 unspecified atom stereocenters. The molecule has 0 aliphatic heterocycles. The van der Waals surface area contributed by atoms with Crippen molar-refractivity contribution in [2.24, 2.45) is 0 Å². The number of rotatable bonds is 7. The van der Waals surface area contributed by atoms with Crippen molar-refractivity contribution < 1.29 is 12.9 Å². The van der Waals surface area contributed by atoms with Crippen molar-refractivity contribution in [3.8, 4) is 0 Å². The number of aromatic nitrogens is 2. The quantitative estimate of drug-likeness (QED) is 0.801. The van der Waals surface area contributed by atoms with E-state index in [4.69, 9.17) is 0 Å². The second kappa shape index (κ2) is 6.49. The standard InChI is InChI=1S/C12H16N4O3S/c1-2-7-13-10-3-5-11(6-4-10)20(17,18)15-8-12-14-9-19-16-12/h3-6,9,13,15H,2,7-8H2,1H3. The van der Waals surface area contributed by atoms with Gasteiger partial charge in [0.2, 0.25) is 16.4 Å². The Morgan fingerprint density at radius 3 is 2.60 bits per heavy atom. The van der Waals surface area contributed by atoms with Crippen molar-refractivity contribution in [1.82, 2.24) is 14.9 Å². The molecule has 0 fully saturated rings. The number of anilines is 1. The van der Waals surface area contributed by atoms with Gasteiger partial charge in [-0.05, 0) is 30.7 Å². The minimum atomic E-state index is -3.57. The summed E-state index contributed by atoms with van der Waals surface area (Å²) < 4.78 is 31.0. The maximum Gasteiger partial charge on any atom is 0.240 e. The highest BCUT2D eigenvalue weighted by Gasteiger charge is 2.14. The maximum atomic E-state index is 12.0. The molecule has 8 heteroatoms. The van der Waals surface area contributed by atoms with Crippen LogP contribution in [0.5, 0.6) is 0 Å². The van der Waals surface area contributed by atoms with E-state index in [2.05, 4.69) is 31.6 Å². The van der Waals surface area contributed by atoms with E-state index in [0.29, 0.717) is 0 Å². The predicted molar refractivity (Wildman–Crippen MR) is 73.5 cm³/mol. The van der Waals surface area contributed by atoms with Crippen LogP contribution in [0.15, 0.2) is 40.1 Å². The molecular formula is C12H16N4O3S. The molecule has 2 rings (SSSR count). The molecule has 2 aromatic rings. The summed E-state index contributed by atoms with van der Waals surface area (Å²) in [5.41, 5.74) is 0.893. The maximum absolute atomic E-state index is 12.0. The van der Waals surface area contributed by atoms with E-state index in [1.54, 1.807) is 24.3 Å². The number of benzene rings is 1. The van der Waals surface area contributed by atoms with E-state index in [1.165, 1.54) is 0 Å². The lowest BCUT2D eigenvalue weighted by Crippen LogP contribution is -2.23. The monoisotopic (exact) mass is 296 g/mol. The number of nitrogens with zero attached hydrogens (tertiary/aromatic N) is 2. The Bertz CT molecular complexity index is 623. The lowest BCUT2D eigenvalue weighted by molar-refractivity contribution is 0.409. The van der Waals surface area contributed by atoms with Gasteiger partial charge in [0.15, 0.2) is 5.82 Å². The van der Waals surface area contributed by atoms with Gasteiger partial charge in [-0.3, -0.25) is 0 Å². The molecule has 20 heavy (non-hydrogen) atoms. The summed E-state index contributed by atoms with van der Waals surface area (Å²) in [6.07, 6.45) is 2.16. The highest BCUT2D eigenvalue weighted by Crippen LogP contribution is 2.14. The van der Waals surface area contributed by atoms with Crippen LogP contribution in [0.2, 0.25) is 0 Å². The zero-order chi connectivity index (χ0) is 14.4. The smallest absolute Gasteiger partial charge is 0.240 e. The molecule has 2 N–H and O–H groups in total. The first-order valence-corrected chi connectivity index (χ1v) is 7.69. The summed E-state index contributed by atoms with van der Waals surface area (Å²) in [6.45, 7) is 2.91. The van der Waals surface area contributed by atoms with Crippen molar-refractivity contribution in [2.45, 2.75) is 24.8 Å². The van der Waals surface area contributed by atoms with Crippen molar-refractivity contribution >= 4 is 15.7 Å². The van der Waals surface area contributed by atoms with Gasteiger partial charge in [0.25, 0.3) is 0 Å². The summed E-state index contributed by atoms with van der Waals surface area (Å²) in [4.78, 5) is 3.94. The Kier molecular flexibility index (Phi) is 4.70. The van der Waals surface area contributed by atoms with E-state index in [-0.39, 0.29) is 17.3 Å². The van der Waals surface area contributed by atoms with Gasteiger partial charge in [-0.2, -0.15) is 4.98 Å². The Labute approximate surface area is 117 Å². The first kappa shape index (κ1) is 14.5. The molecule has 0 saturated carbocycles. The SMILES string of the molecule is CCCNc1ccc(S(=O)(=O)NCc2ncon2)cc1. The predicted octanol–water partition coefficient (Wildman–Crippen LogP) is 1.37. The average Bonchev–Trinajstić information content (AvgIpc) is 2.97. The lowest BCUT2D eigenvalue weighted by Gasteiger charge is -2.07. The molecule has 0 bridgehead atoms. The van der Waals surface area contributed by atoms with Crippen molar-refractivity contribution in [3.63, 3.8) is 0 Å². The van der Waals surface area contributed by atoms with Gasteiger partial charge in [-0.15, -0.1) is 0 Å². The first-order chi connectivity index (χ1) is 9.62. The molecule has 0 atom stereocenters. The minimum absolute atomic E-state index is 0.00529. The molecule has 0 aliphatic rings. The molecule has 1 aromatic carbocycles. The molecule has 108 valence electrons. The summed E-state index contributed by atoms with van der Waals surface area (Å²) in [7, 11) is -3.57. The van der Waals surface area contributed by atoms with E-state index < -0.39 is 10.0 Å². The van der Waals surface area contributed by atoms with Crippen LogP contribution in [0.25, 0.3) is 0 Å². The van der Waals surface area contributed by atoms with Crippen LogP contribution in [0.1, 0.15) is 19.2 Å². The van der Waals surface area contributed by atoms with Gasteiger partial charge in [-0.25, -0.2) is 13.1 Å². The normalized spacial score (nSPS) is 11.4. The fourth-order valence-corrected chi connectivity index (χ4v) is 2.51. The number of hydrogen-bond donors (Lipinski definition) is 2. The fraction of sp³-hybridized carbons (Fsp3) is 0.333. The topological polar surface area (TPSA) is 97.1 Å². The molecule has 1 aromatic heterocycles. The highest BCUT2D eigenvalue weighted by molar-refractivity contribution is 7.89. The van der Waals surface area contributed by atoms with E-state index in [9.17, 15) is 8.42 Å². The molecule has 0 spiro atoms.